The molecule has 0 saturated heterocycles. The first-order valence-corrected chi connectivity index (χ1v) is 9.77. The van der Waals surface area contributed by atoms with Crippen LogP contribution in [0.5, 0.6) is 0 Å². The fourth-order valence-electron chi connectivity index (χ4n) is 4.81. The number of Topliss-reactive ketones (excluding diaryl/α,β-unsaturated/α-hetero) is 1. The highest BCUT2D eigenvalue weighted by Gasteiger charge is 2.34. The van der Waals surface area contributed by atoms with Crippen molar-refractivity contribution < 1.29 is 4.79 Å². The summed E-state index contributed by atoms with van der Waals surface area (Å²) in [7, 11) is 0. The van der Waals surface area contributed by atoms with E-state index < -0.39 is 0 Å². The first-order chi connectivity index (χ1) is 10.2. The Bertz CT molecular complexity index is 301. The van der Waals surface area contributed by atoms with E-state index in [4.69, 9.17) is 0 Å². The summed E-state index contributed by atoms with van der Waals surface area (Å²) in [5.74, 6) is 3.63. The third-order valence-electron chi connectivity index (χ3n) is 6.22. The Morgan fingerprint density at radius 3 is 2.14 bits per heavy atom. The monoisotopic (exact) mass is 292 g/mol. The molecule has 2 saturated carbocycles. The van der Waals surface area contributed by atoms with Gasteiger partial charge in [-0.25, -0.2) is 0 Å². The van der Waals surface area contributed by atoms with Gasteiger partial charge in [0.15, 0.2) is 0 Å². The lowest BCUT2D eigenvalue weighted by Gasteiger charge is -2.37. The van der Waals surface area contributed by atoms with Gasteiger partial charge in [-0.3, -0.25) is 4.79 Å². The molecule has 2 rings (SSSR count). The van der Waals surface area contributed by atoms with E-state index in [1.165, 1.54) is 77.0 Å². The molecule has 2 aliphatic rings. The molecule has 0 N–H and O–H groups in total. The lowest BCUT2D eigenvalue weighted by atomic mass is 9.68. The third-order valence-corrected chi connectivity index (χ3v) is 6.22. The lowest BCUT2D eigenvalue weighted by molar-refractivity contribution is -0.127. The van der Waals surface area contributed by atoms with Crippen LogP contribution in [0.4, 0.5) is 0 Å². The predicted molar refractivity (Wildman–Crippen MR) is 90.3 cm³/mol. The van der Waals surface area contributed by atoms with Crippen molar-refractivity contribution in [2.75, 3.05) is 0 Å². The number of carbonyl (C=O) groups excluding carboxylic acids is 1. The smallest absolute Gasteiger partial charge is 0.136 e. The molecule has 2 atom stereocenters. The molecule has 122 valence electrons. The van der Waals surface area contributed by atoms with Crippen molar-refractivity contribution in [3.8, 4) is 0 Å². The molecule has 0 heterocycles. The summed E-state index contributed by atoms with van der Waals surface area (Å²) in [5, 5.41) is 0. The van der Waals surface area contributed by atoms with Gasteiger partial charge in [0.05, 0.1) is 0 Å². The number of rotatable bonds is 7. The molecule has 0 aromatic heterocycles. The zero-order chi connectivity index (χ0) is 15.1. The summed E-state index contributed by atoms with van der Waals surface area (Å²) in [6, 6.07) is 0. The molecule has 0 unspecified atom stereocenters. The Kier molecular flexibility index (Phi) is 7.26. The van der Waals surface area contributed by atoms with Gasteiger partial charge in [-0.15, -0.1) is 0 Å². The van der Waals surface area contributed by atoms with Gasteiger partial charge < -0.3 is 0 Å². The second-order valence-electron chi connectivity index (χ2n) is 7.77. The van der Waals surface area contributed by atoms with Gasteiger partial charge in [0.25, 0.3) is 0 Å². The van der Waals surface area contributed by atoms with Crippen LogP contribution in [0, 0.1) is 23.7 Å². The molecule has 0 radical (unpaired) electrons. The van der Waals surface area contributed by atoms with Gasteiger partial charge in [-0.1, -0.05) is 58.8 Å². The summed E-state index contributed by atoms with van der Waals surface area (Å²) in [6.07, 6.45) is 16.9. The summed E-state index contributed by atoms with van der Waals surface area (Å²) in [4.78, 5) is 12.4. The molecule has 2 fully saturated rings. The average molecular weight is 293 g/mol. The molecule has 0 aromatic carbocycles. The van der Waals surface area contributed by atoms with Crippen LogP contribution in [0.25, 0.3) is 0 Å². The van der Waals surface area contributed by atoms with E-state index in [0.717, 1.165) is 24.2 Å². The Labute approximate surface area is 132 Å². The fourth-order valence-corrected chi connectivity index (χ4v) is 4.81. The first-order valence-electron chi connectivity index (χ1n) is 9.77. The van der Waals surface area contributed by atoms with Gasteiger partial charge in [-0.2, -0.15) is 0 Å². The van der Waals surface area contributed by atoms with Crippen molar-refractivity contribution in [3.05, 3.63) is 0 Å². The van der Waals surface area contributed by atoms with Crippen LogP contribution in [0.3, 0.4) is 0 Å². The summed E-state index contributed by atoms with van der Waals surface area (Å²) >= 11 is 0. The van der Waals surface area contributed by atoms with Crippen molar-refractivity contribution in [2.24, 2.45) is 23.7 Å². The summed E-state index contributed by atoms with van der Waals surface area (Å²) in [6.45, 7) is 4.55. The Morgan fingerprint density at radius 2 is 1.52 bits per heavy atom. The molecule has 2 aliphatic carbocycles. The standard InChI is InChI=1S/C20H36O/c1-3-5-6-8-18-13-14-19(15-20(18)21)17-11-9-16(7-4-2)10-12-17/h16-19H,3-15H2,1-2H3/t16?,17?,18-,19-/m1/s1. The Hall–Kier alpha value is -0.330. The van der Waals surface area contributed by atoms with E-state index in [1.807, 2.05) is 0 Å². The van der Waals surface area contributed by atoms with E-state index in [1.54, 1.807) is 0 Å². The van der Waals surface area contributed by atoms with Crippen LogP contribution >= 0.6 is 0 Å². The first kappa shape index (κ1) is 17.0. The van der Waals surface area contributed by atoms with Crippen LogP contribution in [-0.4, -0.2) is 5.78 Å². The molecule has 21 heavy (non-hydrogen) atoms. The second-order valence-corrected chi connectivity index (χ2v) is 7.77. The van der Waals surface area contributed by atoms with Gasteiger partial charge in [0.2, 0.25) is 0 Å². The molecular formula is C20H36O. The van der Waals surface area contributed by atoms with Gasteiger partial charge >= 0.3 is 0 Å². The molecule has 0 aliphatic heterocycles. The maximum absolute atomic E-state index is 12.4. The molecule has 0 bridgehead atoms. The van der Waals surface area contributed by atoms with E-state index in [9.17, 15) is 4.79 Å². The molecular weight excluding hydrogens is 256 g/mol. The van der Waals surface area contributed by atoms with Crippen LogP contribution in [-0.2, 0) is 4.79 Å². The maximum atomic E-state index is 12.4. The molecule has 0 amide bonds. The second kappa shape index (κ2) is 8.96. The summed E-state index contributed by atoms with van der Waals surface area (Å²) in [5.41, 5.74) is 0. The molecule has 1 nitrogen and oxygen atoms in total. The Morgan fingerprint density at radius 1 is 0.810 bits per heavy atom. The highest BCUT2D eigenvalue weighted by molar-refractivity contribution is 5.81. The number of hydrogen-bond acceptors (Lipinski definition) is 1. The molecule has 1 heteroatoms. The van der Waals surface area contributed by atoms with Crippen molar-refractivity contribution in [2.45, 2.75) is 97.3 Å². The lowest BCUT2D eigenvalue weighted by Crippen LogP contribution is -2.31. The molecule has 0 spiro atoms. The van der Waals surface area contributed by atoms with Gasteiger partial charge in [0, 0.05) is 12.3 Å². The number of carbonyl (C=O) groups is 1. The van der Waals surface area contributed by atoms with Gasteiger partial charge in [0.1, 0.15) is 5.78 Å². The third kappa shape index (κ3) is 5.11. The minimum absolute atomic E-state index is 0.421. The van der Waals surface area contributed by atoms with E-state index >= 15 is 0 Å². The van der Waals surface area contributed by atoms with Crippen LogP contribution < -0.4 is 0 Å². The van der Waals surface area contributed by atoms with E-state index in [2.05, 4.69) is 13.8 Å². The zero-order valence-electron chi connectivity index (χ0n) is 14.4. The van der Waals surface area contributed by atoms with E-state index in [0.29, 0.717) is 11.7 Å². The van der Waals surface area contributed by atoms with Crippen LogP contribution in [0.15, 0.2) is 0 Å². The topological polar surface area (TPSA) is 17.1 Å². The molecule has 0 aromatic rings. The highest BCUT2D eigenvalue weighted by atomic mass is 16.1. The van der Waals surface area contributed by atoms with Crippen molar-refractivity contribution in [1.29, 1.82) is 0 Å². The van der Waals surface area contributed by atoms with Crippen LogP contribution in [0.1, 0.15) is 97.3 Å². The average Bonchev–Trinajstić information content (AvgIpc) is 2.50. The van der Waals surface area contributed by atoms with Gasteiger partial charge in [-0.05, 0) is 49.9 Å². The minimum atomic E-state index is 0.421. The predicted octanol–water partition coefficient (Wildman–Crippen LogP) is 6.16. The summed E-state index contributed by atoms with van der Waals surface area (Å²) < 4.78 is 0. The number of ketones is 1. The minimum Gasteiger partial charge on any atom is -0.299 e. The normalized spacial score (nSPS) is 34.1. The zero-order valence-corrected chi connectivity index (χ0v) is 14.4. The quantitative estimate of drug-likeness (QED) is 0.514. The number of unbranched alkanes of at least 4 members (excludes halogenated alkanes) is 2. The fraction of sp³-hybridized carbons (Fsp3) is 0.950. The number of hydrogen-bond donors (Lipinski definition) is 0. The highest BCUT2D eigenvalue weighted by Crippen LogP contribution is 2.41. The Balaban J connectivity index is 1.71. The SMILES string of the molecule is CCCCC[C@@H]1CC[C@@H](C2CCC(CCC)CC2)CC1=O. The maximum Gasteiger partial charge on any atom is 0.136 e. The van der Waals surface area contributed by atoms with Crippen molar-refractivity contribution in [3.63, 3.8) is 0 Å². The largest absolute Gasteiger partial charge is 0.299 e. The van der Waals surface area contributed by atoms with Crippen molar-refractivity contribution in [1.82, 2.24) is 0 Å². The van der Waals surface area contributed by atoms with E-state index in [-0.39, 0.29) is 0 Å². The van der Waals surface area contributed by atoms with Crippen molar-refractivity contribution >= 4 is 5.78 Å². The van der Waals surface area contributed by atoms with Crippen LogP contribution in [0.2, 0.25) is 0 Å².